The largest absolute Gasteiger partial charge is 0.355 e. The number of carbonyl (C=O) groups excluding carboxylic acids is 1. The molecule has 1 aromatic carbocycles. The first-order valence-electron chi connectivity index (χ1n) is 8.23. The number of likely N-dealkylation sites (tertiary alicyclic amines) is 1. The van der Waals surface area contributed by atoms with E-state index in [0.717, 1.165) is 25.4 Å². The molecule has 0 aliphatic carbocycles. The summed E-state index contributed by atoms with van der Waals surface area (Å²) in [5, 5.41) is 3.14. The van der Waals surface area contributed by atoms with Crippen LogP contribution in [0.2, 0.25) is 0 Å². The number of thioether (sulfide) groups is 1. The zero-order valence-corrected chi connectivity index (χ0v) is 14.7. The molecule has 0 saturated carbocycles. The van der Waals surface area contributed by atoms with Crippen LogP contribution in [-0.4, -0.2) is 41.7 Å². The Balaban J connectivity index is 1.66. The first-order valence-corrected chi connectivity index (χ1v) is 9.28. The quantitative estimate of drug-likeness (QED) is 0.837. The molecule has 122 valence electrons. The number of hydrogen-bond acceptors (Lipinski definition) is 3. The topological polar surface area (TPSA) is 32.3 Å². The van der Waals surface area contributed by atoms with Gasteiger partial charge in [0.1, 0.15) is 0 Å². The molecule has 1 aliphatic rings. The van der Waals surface area contributed by atoms with E-state index in [2.05, 4.69) is 36.2 Å². The van der Waals surface area contributed by atoms with Gasteiger partial charge in [-0.2, -0.15) is 0 Å². The van der Waals surface area contributed by atoms with Crippen LogP contribution in [0.25, 0.3) is 0 Å². The molecule has 4 heteroatoms. The summed E-state index contributed by atoms with van der Waals surface area (Å²) < 4.78 is 0. The van der Waals surface area contributed by atoms with Gasteiger partial charge in [0.25, 0.3) is 0 Å². The van der Waals surface area contributed by atoms with Gasteiger partial charge in [0.05, 0.1) is 5.25 Å². The summed E-state index contributed by atoms with van der Waals surface area (Å²) in [6, 6.07) is 10.9. The van der Waals surface area contributed by atoms with Crippen LogP contribution in [-0.2, 0) is 10.5 Å². The summed E-state index contributed by atoms with van der Waals surface area (Å²) in [7, 11) is 0. The fraction of sp³-hybridized carbons (Fsp3) is 0.611. The molecule has 0 unspecified atom stereocenters. The van der Waals surface area contributed by atoms with E-state index in [1.165, 1.54) is 12.0 Å². The van der Waals surface area contributed by atoms with Crippen LogP contribution in [0, 0.1) is 5.92 Å². The Bertz CT molecular complexity index is 463. The Kier molecular flexibility index (Phi) is 6.77. The lowest BCUT2D eigenvalue weighted by molar-refractivity contribution is -0.120. The molecule has 1 heterocycles. The highest BCUT2D eigenvalue weighted by molar-refractivity contribution is 7.99. The smallest absolute Gasteiger partial charge is 0.232 e. The number of benzene rings is 1. The second kappa shape index (κ2) is 8.59. The lowest BCUT2D eigenvalue weighted by Gasteiger charge is -2.20. The van der Waals surface area contributed by atoms with E-state index in [0.29, 0.717) is 12.0 Å². The first-order chi connectivity index (χ1) is 10.6. The van der Waals surface area contributed by atoms with Crippen LogP contribution in [0.5, 0.6) is 0 Å². The van der Waals surface area contributed by atoms with Gasteiger partial charge in [-0.15, -0.1) is 11.8 Å². The molecule has 1 N–H and O–H groups in total. The van der Waals surface area contributed by atoms with Crippen molar-refractivity contribution < 1.29 is 4.79 Å². The van der Waals surface area contributed by atoms with Crippen LogP contribution >= 0.6 is 11.8 Å². The number of nitrogens with one attached hydrogen (secondary N) is 1. The van der Waals surface area contributed by atoms with Gasteiger partial charge in [0.15, 0.2) is 0 Å². The second-order valence-corrected chi connectivity index (χ2v) is 7.76. The average Bonchev–Trinajstić information content (AvgIpc) is 3.00. The minimum absolute atomic E-state index is 0.00260. The maximum absolute atomic E-state index is 12.2. The van der Waals surface area contributed by atoms with Gasteiger partial charge < -0.3 is 10.2 Å². The Hall–Kier alpha value is -1.00. The van der Waals surface area contributed by atoms with E-state index >= 15 is 0 Å². The molecule has 1 aliphatic heterocycles. The lowest BCUT2D eigenvalue weighted by Crippen LogP contribution is -2.36. The molecule has 0 spiro atoms. The van der Waals surface area contributed by atoms with Crippen LogP contribution in [0.3, 0.4) is 0 Å². The fourth-order valence-corrected chi connectivity index (χ4v) is 3.63. The molecule has 0 radical (unpaired) electrons. The third-order valence-electron chi connectivity index (χ3n) is 4.32. The van der Waals surface area contributed by atoms with E-state index in [1.807, 2.05) is 25.1 Å². The molecule has 1 saturated heterocycles. The van der Waals surface area contributed by atoms with Crippen molar-refractivity contribution >= 4 is 17.7 Å². The Morgan fingerprint density at radius 3 is 2.68 bits per heavy atom. The van der Waals surface area contributed by atoms with Gasteiger partial charge in [-0.1, -0.05) is 30.3 Å². The third-order valence-corrected chi connectivity index (χ3v) is 5.54. The van der Waals surface area contributed by atoms with Gasteiger partial charge in [-0.3, -0.25) is 4.79 Å². The third kappa shape index (κ3) is 5.33. The number of hydrogen-bond donors (Lipinski definition) is 1. The molecular formula is C18H28N2OS. The molecule has 1 fully saturated rings. The number of nitrogens with zero attached hydrogens (tertiary/aromatic N) is 1. The van der Waals surface area contributed by atoms with Gasteiger partial charge in [-0.25, -0.2) is 0 Å². The van der Waals surface area contributed by atoms with Crippen molar-refractivity contribution in [2.75, 3.05) is 19.6 Å². The molecule has 1 amide bonds. The lowest BCUT2D eigenvalue weighted by atomic mass is 10.1. The standard InChI is InChI=1S/C18H28N2OS/c1-14(2)20-10-9-17(12-20)11-19-18(21)15(3)22-13-16-7-5-4-6-8-16/h4-8,14-15,17H,9-13H2,1-3H3,(H,19,21)/t15-,17+/m1/s1. The van der Waals surface area contributed by atoms with Crippen molar-refractivity contribution in [3.05, 3.63) is 35.9 Å². The van der Waals surface area contributed by atoms with Gasteiger partial charge in [0, 0.05) is 24.9 Å². The summed E-state index contributed by atoms with van der Waals surface area (Å²) in [6.45, 7) is 9.57. The SMILES string of the molecule is CC(C)N1CC[C@@H](CNC(=O)[C@@H](C)SCc2ccccc2)C1. The Morgan fingerprint density at radius 2 is 2.05 bits per heavy atom. The van der Waals surface area contributed by atoms with Gasteiger partial charge >= 0.3 is 0 Å². The van der Waals surface area contributed by atoms with Crippen molar-refractivity contribution in [1.29, 1.82) is 0 Å². The van der Waals surface area contributed by atoms with Crippen LogP contribution in [0.15, 0.2) is 30.3 Å². The average molecular weight is 321 g/mol. The fourth-order valence-electron chi connectivity index (χ4n) is 2.76. The highest BCUT2D eigenvalue weighted by Crippen LogP contribution is 2.19. The summed E-state index contributed by atoms with van der Waals surface area (Å²) in [5.74, 6) is 1.67. The monoisotopic (exact) mass is 320 g/mol. The minimum Gasteiger partial charge on any atom is -0.355 e. The van der Waals surface area contributed by atoms with Crippen LogP contribution < -0.4 is 5.32 Å². The molecule has 1 aromatic rings. The highest BCUT2D eigenvalue weighted by Gasteiger charge is 2.25. The van der Waals surface area contributed by atoms with E-state index in [-0.39, 0.29) is 11.2 Å². The van der Waals surface area contributed by atoms with Crippen molar-refractivity contribution in [3.8, 4) is 0 Å². The van der Waals surface area contributed by atoms with Gasteiger partial charge in [0.2, 0.25) is 5.91 Å². The van der Waals surface area contributed by atoms with Crippen LogP contribution in [0.1, 0.15) is 32.8 Å². The first kappa shape index (κ1) is 17.4. The summed E-state index contributed by atoms with van der Waals surface area (Å²) >= 11 is 1.70. The van der Waals surface area contributed by atoms with Crippen molar-refractivity contribution in [1.82, 2.24) is 10.2 Å². The minimum atomic E-state index is 0.00260. The molecule has 0 bridgehead atoms. The summed E-state index contributed by atoms with van der Waals surface area (Å²) in [6.07, 6.45) is 1.20. The zero-order valence-electron chi connectivity index (χ0n) is 13.9. The number of amides is 1. The summed E-state index contributed by atoms with van der Waals surface area (Å²) in [4.78, 5) is 14.7. The van der Waals surface area contributed by atoms with E-state index in [9.17, 15) is 4.79 Å². The second-order valence-electron chi connectivity index (χ2n) is 6.43. The van der Waals surface area contributed by atoms with E-state index in [4.69, 9.17) is 0 Å². The maximum atomic E-state index is 12.2. The van der Waals surface area contributed by atoms with Crippen molar-refractivity contribution in [2.24, 2.45) is 5.92 Å². The number of rotatable bonds is 7. The maximum Gasteiger partial charge on any atom is 0.232 e. The van der Waals surface area contributed by atoms with E-state index in [1.54, 1.807) is 11.8 Å². The molecule has 2 rings (SSSR count). The molecule has 0 aromatic heterocycles. The molecule has 3 nitrogen and oxygen atoms in total. The summed E-state index contributed by atoms with van der Waals surface area (Å²) in [5.41, 5.74) is 1.27. The zero-order chi connectivity index (χ0) is 15.9. The van der Waals surface area contributed by atoms with Gasteiger partial charge in [-0.05, 0) is 45.2 Å². The predicted octanol–water partition coefficient (Wildman–Crippen LogP) is 3.15. The molecule has 22 heavy (non-hydrogen) atoms. The Labute approximate surface area is 138 Å². The predicted molar refractivity (Wildman–Crippen MR) is 95.0 cm³/mol. The Morgan fingerprint density at radius 1 is 1.32 bits per heavy atom. The molecule has 2 atom stereocenters. The molecular weight excluding hydrogens is 292 g/mol. The normalized spacial score (nSPS) is 20.3. The van der Waals surface area contributed by atoms with Crippen LogP contribution in [0.4, 0.5) is 0 Å². The van der Waals surface area contributed by atoms with Crippen molar-refractivity contribution in [3.63, 3.8) is 0 Å². The van der Waals surface area contributed by atoms with Crippen molar-refractivity contribution in [2.45, 2.75) is 44.2 Å². The number of carbonyl (C=O) groups is 1. The highest BCUT2D eigenvalue weighted by atomic mass is 32.2. The van der Waals surface area contributed by atoms with E-state index < -0.39 is 0 Å².